The number of carbonyl (C=O) groups excluding carboxylic acids is 1. The highest BCUT2D eigenvalue weighted by molar-refractivity contribution is 5.78. The smallest absolute Gasteiger partial charge is 0.236 e. The second-order valence-corrected chi connectivity index (χ2v) is 5.70. The van der Waals surface area contributed by atoms with E-state index in [2.05, 4.69) is 18.7 Å². The van der Waals surface area contributed by atoms with Crippen LogP contribution in [0.2, 0.25) is 0 Å². The third-order valence-corrected chi connectivity index (χ3v) is 3.57. The van der Waals surface area contributed by atoms with Gasteiger partial charge in [-0.15, -0.1) is 0 Å². The summed E-state index contributed by atoms with van der Waals surface area (Å²) < 4.78 is 0. The molecule has 1 amide bonds. The molecule has 2 N–H and O–H groups in total. The van der Waals surface area contributed by atoms with Crippen molar-refractivity contribution < 1.29 is 4.79 Å². The molecule has 2 unspecified atom stereocenters. The molecule has 0 bridgehead atoms. The molecule has 0 aromatic heterocycles. The highest BCUT2D eigenvalue weighted by Crippen LogP contribution is 2.21. The zero-order valence-electron chi connectivity index (χ0n) is 10.4. The van der Waals surface area contributed by atoms with Gasteiger partial charge in [-0.1, -0.05) is 13.8 Å². The van der Waals surface area contributed by atoms with E-state index in [-0.39, 0.29) is 11.9 Å². The Bertz CT molecular complexity index is 253. The van der Waals surface area contributed by atoms with Crippen LogP contribution in [0.5, 0.6) is 0 Å². The van der Waals surface area contributed by atoms with Crippen molar-refractivity contribution in [2.75, 3.05) is 32.7 Å². The van der Waals surface area contributed by atoms with Crippen LogP contribution in [0.25, 0.3) is 0 Å². The summed E-state index contributed by atoms with van der Waals surface area (Å²) >= 11 is 0. The van der Waals surface area contributed by atoms with Gasteiger partial charge >= 0.3 is 0 Å². The molecular formula is C12H23N3O. The average Bonchev–Trinajstić information content (AvgIpc) is 2.13. The molecule has 2 heterocycles. The van der Waals surface area contributed by atoms with Gasteiger partial charge in [0.1, 0.15) is 0 Å². The van der Waals surface area contributed by atoms with E-state index in [0.717, 1.165) is 26.2 Å². The fourth-order valence-corrected chi connectivity index (χ4v) is 2.90. The first kappa shape index (κ1) is 11.9. The van der Waals surface area contributed by atoms with Gasteiger partial charge in [-0.3, -0.25) is 9.69 Å². The van der Waals surface area contributed by atoms with Crippen molar-refractivity contribution in [3.63, 3.8) is 0 Å². The maximum absolute atomic E-state index is 12.0. The Kier molecular flexibility index (Phi) is 3.50. The molecular weight excluding hydrogens is 202 g/mol. The van der Waals surface area contributed by atoms with Gasteiger partial charge in [0.05, 0.1) is 6.54 Å². The van der Waals surface area contributed by atoms with Crippen molar-refractivity contribution in [1.82, 2.24) is 9.80 Å². The molecule has 2 fully saturated rings. The van der Waals surface area contributed by atoms with E-state index in [1.54, 1.807) is 0 Å². The lowest BCUT2D eigenvalue weighted by molar-refractivity contribution is -0.136. The Morgan fingerprint density at radius 1 is 1.19 bits per heavy atom. The van der Waals surface area contributed by atoms with Crippen molar-refractivity contribution in [2.45, 2.75) is 26.3 Å². The lowest BCUT2D eigenvalue weighted by Crippen LogP contribution is -2.58. The van der Waals surface area contributed by atoms with Crippen LogP contribution < -0.4 is 5.73 Å². The van der Waals surface area contributed by atoms with E-state index in [9.17, 15) is 4.79 Å². The maximum atomic E-state index is 12.0. The topological polar surface area (TPSA) is 49.6 Å². The molecule has 2 saturated heterocycles. The van der Waals surface area contributed by atoms with Gasteiger partial charge in [0.25, 0.3) is 0 Å². The maximum Gasteiger partial charge on any atom is 0.236 e. The number of nitrogens with two attached hydrogens (primary N) is 1. The number of hydrogen-bond acceptors (Lipinski definition) is 3. The highest BCUT2D eigenvalue weighted by atomic mass is 16.2. The van der Waals surface area contributed by atoms with Crippen molar-refractivity contribution in [3.05, 3.63) is 0 Å². The molecule has 2 atom stereocenters. The minimum atomic E-state index is 0.283. The molecule has 2 aliphatic heterocycles. The second kappa shape index (κ2) is 4.72. The third kappa shape index (κ3) is 2.74. The standard InChI is InChI=1S/C12H23N3O/c1-9-3-10(2)5-15(4-9)12(16)8-14-6-11(13)7-14/h9-11H,3-8,13H2,1-2H3. The van der Waals surface area contributed by atoms with Gasteiger partial charge in [-0.25, -0.2) is 0 Å². The Balaban J connectivity index is 1.79. The minimum absolute atomic E-state index is 0.283. The van der Waals surface area contributed by atoms with E-state index in [4.69, 9.17) is 5.73 Å². The van der Waals surface area contributed by atoms with Gasteiger partial charge in [-0.05, 0) is 18.3 Å². The van der Waals surface area contributed by atoms with Gasteiger partial charge in [0, 0.05) is 32.2 Å². The first-order chi connectivity index (χ1) is 7.54. The van der Waals surface area contributed by atoms with E-state index in [1.807, 2.05) is 4.90 Å². The first-order valence-electron chi connectivity index (χ1n) is 6.30. The van der Waals surface area contributed by atoms with Crippen LogP contribution in [-0.4, -0.2) is 54.5 Å². The van der Waals surface area contributed by atoms with Crippen LogP contribution >= 0.6 is 0 Å². The highest BCUT2D eigenvalue weighted by Gasteiger charge is 2.29. The minimum Gasteiger partial charge on any atom is -0.341 e. The van der Waals surface area contributed by atoms with Gasteiger partial charge < -0.3 is 10.6 Å². The van der Waals surface area contributed by atoms with E-state index in [0.29, 0.717) is 18.4 Å². The van der Waals surface area contributed by atoms with Crippen LogP contribution in [0.4, 0.5) is 0 Å². The Hall–Kier alpha value is -0.610. The molecule has 92 valence electrons. The lowest BCUT2D eigenvalue weighted by atomic mass is 9.92. The molecule has 0 spiro atoms. The van der Waals surface area contributed by atoms with Crippen LogP contribution in [0.3, 0.4) is 0 Å². The van der Waals surface area contributed by atoms with Gasteiger partial charge in [-0.2, -0.15) is 0 Å². The largest absolute Gasteiger partial charge is 0.341 e. The molecule has 16 heavy (non-hydrogen) atoms. The molecule has 2 aliphatic rings. The number of rotatable bonds is 2. The number of likely N-dealkylation sites (tertiary alicyclic amines) is 2. The number of amides is 1. The molecule has 0 aromatic carbocycles. The molecule has 0 saturated carbocycles. The summed E-state index contributed by atoms with van der Waals surface area (Å²) in [5.41, 5.74) is 5.70. The van der Waals surface area contributed by atoms with Crippen LogP contribution in [0, 0.1) is 11.8 Å². The normalized spacial score (nSPS) is 32.6. The van der Waals surface area contributed by atoms with E-state index < -0.39 is 0 Å². The molecule has 2 rings (SSSR count). The van der Waals surface area contributed by atoms with Crippen molar-refractivity contribution in [3.8, 4) is 0 Å². The average molecular weight is 225 g/mol. The summed E-state index contributed by atoms with van der Waals surface area (Å²) in [7, 11) is 0. The molecule has 0 aromatic rings. The van der Waals surface area contributed by atoms with Crippen molar-refractivity contribution in [1.29, 1.82) is 0 Å². The van der Waals surface area contributed by atoms with E-state index >= 15 is 0 Å². The van der Waals surface area contributed by atoms with E-state index in [1.165, 1.54) is 6.42 Å². The fourth-order valence-electron chi connectivity index (χ4n) is 2.90. The lowest BCUT2D eigenvalue weighted by Gasteiger charge is -2.40. The second-order valence-electron chi connectivity index (χ2n) is 5.70. The SMILES string of the molecule is CC1CC(C)CN(C(=O)CN2CC(N)C2)C1. The number of nitrogens with zero attached hydrogens (tertiary/aromatic N) is 2. The summed E-state index contributed by atoms with van der Waals surface area (Å²) in [5, 5.41) is 0. The number of piperidine rings is 1. The van der Waals surface area contributed by atoms with Crippen LogP contribution in [0.1, 0.15) is 20.3 Å². The summed E-state index contributed by atoms with van der Waals surface area (Å²) in [6, 6.07) is 0.284. The Morgan fingerprint density at radius 3 is 2.25 bits per heavy atom. The van der Waals surface area contributed by atoms with Gasteiger partial charge in [0.2, 0.25) is 5.91 Å². The molecule has 0 radical (unpaired) electrons. The summed E-state index contributed by atoms with van der Waals surface area (Å²) in [5.74, 6) is 1.57. The van der Waals surface area contributed by atoms with Crippen molar-refractivity contribution >= 4 is 5.91 Å². The fraction of sp³-hybridized carbons (Fsp3) is 0.917. The summed E-state index contributed by atoms with van der Waals surface area (Å²) in [6.07, 6.45) is 1.25. The number of carbonyl (C=O) groups is 1. The number of hydrogen-bond donors (Lipinski definition) is 1. The first-order valence-corrected chi connectivity index (χ1v) is 6.30. The summed E-state index contributed by atoms with van der Waals surface area (Å²) in [6.45, 7) is 8.65. The van der Waals surface area contributed by atoms with Crippen LogP contribution in [0.15, 0.2) is 0 Å². The quantitative estimate of drug-likeness (QED) is 0.727. The molecule has 4 heteroatoms. The third-order valence-electron chi connectivity index (χ3n) is 3.57. The molecule has 0 aliphatic carbocycles. The van der Waals surface area contributed by atoms with Crippen molar-refractivity contribution in [2.24, 2.45) is 17.6 Å². The van der Waals surface area contributed by atoms with Crippen LogP contribution in [-0.2, 0) is 4.79 Å². The Morgan fingerprint density at radius 2 is 1.75 bits per heavy atom. The monoisotopic (exact) mass is 225 g/mol. The Labute approximate surface area is 97.8 Å². The predicted molar refractivity (Wildman–Crippen MR) is 63.9 cm³/mol. The van der Waals surface area contributed by atoms with Gasteiger partial charge in [0.15, 0.2) is 0 Å². The molecule has 4 nitrogen and oxygen atoms in total. The predicted octanol–water partition coefficient (Wildman–Crippen LogP) is 0.134. The summed E-state index contributed by atoms with van der Waals surface area (Å²) in [4.78, 5) is 16.2. The zero-order chi connectivity index (χ0) is 11.7. The zero-order valence-corrected chi connectivity index (χ0v) is 10.4.